The van der Waals surface area contributed by atoms with Gasteiger partial charge in [-0.05, 0) is 122 Å². The zero-order chi connectivity index (χ0) is 105. The first kappa shape index (κ1) is 110. The minimum Gasteiger partial charge on any atom is -0.496 e. The van der Waals surface area contributed by atoms with Crippen molar-refractivity contribution in [3.63, 3.8) is 0 Å². The summed E-state index contributed by atoms with van der Waals surface area (Å²) < 4.78 is 32.1. The van der Waals surface area contributed by atoms with Crippen LogP contribution in [0.4, 0.5) is 29.1 Å². The third-order valence-electron chi connectivity index (χ3n) is 19.5. The fourth-order valence-corrected chi connectivity index (χ4v) is 13.8. The molecule has 0 bridgehead atoms. The van der Waals surface area contributed by atoms with Gasteiger partial charge in [0.25, 0.3) is 5.91 Å². The Morgan fingerprint density at radius 2 is 0.629 bits per heavy atom. The number of benzene rings is 2. The number of hydrogen-bond donors (Lipinski definition) is 12. The average Bonchev–Trinajstić information content (AvgIpc) is 1.78. The van der Waals surface area contributed by atoms with Gasteiger partial charge in [0.1, 0.15) is 34.3 Å². The summed E-state index contributed by atoms with van der Waals surface area (Å²) in [5, 5.41) is 67.0. The number of carboxylic acids is 1. The van der Waals surface area contributed by atoms with Crippen molar-refractivity contribution >= 4 is 119 Å². The summed E-state index contributed by atoms with van der Waals surface area (Å²) in [6.07, 6.45) is 16.7. The summed E-state index contributed by atoms with van der Waals surface area (Å²) in [4.78, 5) is 118. The summed E-state index contributed by atoms with van der Waals surface area (Å²) in [7, 11) is 13.0. The Kier molecular flexibility index (Phi) is 39.0. The number of aromatic carboxylic acids is 1. The van der Waals surface area contributed by atoms with Crippen molar-refractivity contribution in [2.24, 2.45) is 41.0 Å². The van der Waals surface area contributed by atoms with Gasteiger partial charge in [-0.1, -0.05) is 71.2 Å². The molecule has 0 saturated carbocycles. The molecule has 46 nitrogen and oxygen atoms in total. The Bertz CT molecular complexity index is 7140. The van der Waals surface area contributed by atoms with E-state index in [-0.39, 0.29) is 79.6 Å². The molecule has 0 unspecified atom stereocenters. The number of nitrogens with one attached hydrogen (secondary N) is 1. The number of para-hydroxylation sites is 2. The van der Waals surface area contributed by atoms with Crippen molar-refractivity contribution in [3.05, 3.63) is 260 Å². The molecule has 742 valence electrons. The van der Waals surface area contributed by atoms with Crippen molar-refractivity contribution in [1.82, 2.24) is 124 Å². The number of aryl methyl sites for hydroxylation is 13. The van der Waals surface area contributed by atoms with Crippen LogP contribution in [0.2, 0.25) is 15.5 Å². The van der Waals surface area contributed by atoms with E-state index in [1.807, 2.05) is 167 Å². The van der Waals surface area contributed by atoms with Crippen LogP contribution in [0.1, 0.15) is 109 Å². The monoisotopic (exact) mass is 2010 g/mol. The molecule has 51 heteroatoms. The third kappa shape index (κ3) is 30.1. The first-order valence-corrected chi connectivity index (χ1v) is 43.5. The molecule has 0 atom stereocenters. The zero-order valence-electron chi connectivity index (χ0n) is 80.7. The van der Waals surface area contributed by atoms with Gasteiger partial charge in [-0.3, -0.25) is 48.1 Å². The first-order valence-electron chi connectivity index (χ1n) is 42.4. The molecule has 14 heterocycles. The Balaban J connectivity index is 0.000000189. The number of nitrogen functional groups attached to an aromatic ring is 5. The summed E-state index contributed by atoms with van der Waals surface area (Å²) in [6.45, 7) is 15.8. The van der Waals surface area contributed by atoms with E-state index in [2.05, 4.69) is 110 Å². The molecule has 0 saturated heterocycles. The molecule has 143 heavy (non-hydrogen) atoms. The van der Waals surface area contributed by atoms with Gasteiger partial charge >= 0.3 is 38.1 Å². The molecule has 1 amide bonds. The zero-order valence-corrected chi connectivity index (χ0v) is 83.0. The Morgan fingerprint density at radius 3 is 0.958 bits per heavy atom. The lowest BCUT2D eigenvalue weighted by Gasteiger charge is -2.14. The van der Waals surface area contributed by atoms with Crippen LogP contribution >= 0.6 is 34.8 Å². The number of esters is 3. The molecular weight excluding hydrogens is 1910 g/mol. The van der Waals surface area contributed by atoms with E-state index in [1.54, 1.807) is 110 Å². The van der Waals surface area contributed by atoms with E-state index < -0.39 is 44.0 Å². The Morgan fingerprint density at radius 1 is 0.343 bits per heavy atom. The van der Waals surface area contributed by atoms with Crippen LogP contribution in [-0.2, 0) is 62.5 Å². The Labute approximate surface area is 834 Å². The van der Waals surface area contributed by atoms with Gasteiger partial charge in [0.2, 0.25) is 0 Å². The number of halogens is 3. The van der Waals surface area contributed by atoms with Gasteiger partial charge in [-0.2, -0.15) is 25.5 Å². The van der Waals surface area contributed by atoms with Crippen molar-refractivity contribution < 1.29 is 72.9 Å². The standard InChI is InChI=1S/C24H25N7O2.C17H18N6O2.C16H16N6O2.C10H10ClN5O2.C8H11NO.C7H10BNO2.C6H5Cl2N3O2.C4H7BN2O2/c1-14-9-17(10-15(2)28-14)20-21(18-12-27-31(3)13-18)30-23(25)22(29-20)24(32)26-11-16-7-5-6-8-19(16)33-4;1-9-5-11(6-10(2)20-9)13-14(12-7-19-23(3)8-12)22-16(18)15(21-13)17(24)25-4;1-8-4-10(5-9(2)19-8)12-13(11-6-18-22(3)7-11)21-15(17)14(20-12)16(23)24;1-16-4-5(3-13-16)6-8(11)14-7(9(12)15-6)10(17)18-2;1-10-8-5-3-2-4-7(8)6-9;1-5-3-7(8(10)11)4-6(2)9-5;1-13-6(12)2-5(9)11-4(8)3(7)10-2;1-7-3-4(2-6-7)5(8)9/h5-10,12-13H,11H2,1-4H3,(H2,25,30)(H,26,32);5-8H,1-4H3,(H2,18,22);4-7H,1-3H3,(H2,17,21)(H,23,24);3-4H,1-2H3,(H2,12,15);2-5H,6,9H2,1H3;3-4,10-11H,1-2H3;1H3,(H2,9,11);2-3,8-9H,1H3. The first-order chi connectivity index (χ1) is 67.8. The highest BCUT2D eigenvalue weighted by molar-refractivity contribution is 6.59. The van der Waals surface area contributed by atoms with Gasteiger partial charge in [0.05, 0.1) is 77.4 Å². The summed E-state index contributed by atoms with van der Waals surface area (Å²) >= 11 is 17.0. The second-order valence-electron chi connectivity index (χ2n) is 30.8. The van der Waals surface area contributed by atoms with E-state index in [9.17, 15) is 29.1 Å². The number of carbonyl (C=O) groups excluding carboxylic acids is 4. The van der Waals surface area contributed by atoms with E-state index >= 15 is 0 Å². The van der Waals surface area contributed by atoms with Crippen LogP contribution in [0.25, 0.3) is 78.8 Å². The fraction of sp³-hybridized carbons (Fsp3) is 0.217. The number of nitrogens with zero attached hydrogens (tertiary/aromatic N) is 24. The van der Waals surface area contributed by atoms with Gasteiger partial charge in [0, 0.05) is 187 Å². The molecule has 0 fully saturated rings. The number of aromatic nitrogens is 24. The normalized spacial score (nSPS) is 10.4. The minimum atomic E-state index is -1.40. The topological polar surface area (TPSA) is 670 Å². The molecule has 14 aromatic heterocycles. The SMILES string of the molecule is COC(=O)c1nc(-c2cc(C)nc(C)c2)c(-c2cnn(C)c2)nc1N.COC(=O)c1nc(Cl)c(-c2cnn(C)c2)nc1N.COC(=O)c1nc(Cl)c(Cl)nc1N.COc1ccccc1CN.COc1ccccc1CNC(=O)c1nc(-c2cc(C)nc(C)c2)c(-c2cnn(C)c2)nc1N.Cc1cc(-c2nc(C(=O)O)c(N)nc2-c2cnn(C)c2)cc(C)n1.Cc1cc(B(O)O)cc(C)n1.Cn1cc(B(O)O)cn1. The quantitative estimate of drug-likeness (QED) is 0.0211. The van der Waals surface area contributed by atoms with Crippen molar-refractivity contribution in [2.45, 2.75) is 68.5 Å². The number of ether oxygens (including phenoxy) is 5. The van der Waals surface area contributed by atoms with Crippen LogP contribution in [-0.4, -0.2) is 223 Å². The average molecular weight is 2010 g/mol. The number of anilines is 5. The number of nitrogens with two attached hydrogens (primary N) is 6. The van der Waals surface area contributed by atoms with E-state index in [4.69, 9.17) is 104 Å². The van der Waals surface area contributed by atoms with Crippen molar-refractivity contribution in [2.75, 3.05) is 64.2 Å². The number of methoxy groups -OCH3 is 5. The van der Waals surface area contributed by atoms with Crippen LogP contribution < -0.4 is 60.1 Å². The molecule has 18 N–H and O–H groups in total. The van der Waals surface area contributed by atoms with E-state index in [1.165, 1.54) is 32.2 Å². The fourth-order valence-electron chi connectivity index (χ4n) is 13.3. The summed E-state index contributed by atoms with van der Waals surface area (Å²) in [5.74, 6) is -2.34. The highest BCUT2D eigenvalue weighted by Crippen LogP contribution is 2.36. The van der Waals surface area contributed by atoms with Gasteiger partial charge in [0.15, 0.2) is 73.0 Å². The maximum Gasteiger partial charge on any atom is 0.491 e. The van der Waals surface area contributed by atoms with Crippen molar-refractivity contribution in [3.8, 4) is 90.3 Å². The van der Waals surface area contributed by atoms with E-state index in [0.717, 1.165) is 90.2 Å². The Hall–Kier alpha value is -16.8. The van der Waals surface area contributed by atoms with Gasteiger partial charge in [-0.15, -0.1) is 0 Å². The number of hydrogen-bond acceptors (Lipinski definition) is 39. The molecule has 2 aromatic carbocycles. The predicted molar refractivity (Wildman–Crippen MR) is 537 cm³/mol. The van der Waals surface area contributed by atoms with Gasteiger partial charge < -0.3 is 88.6 Å². The largest absolute Gasteiger partial charge is 0.496 e. The lowest BCUT2D eigenvalue weighted by atomic mass is 9.80. The van der Waals surface area contributed by atoms with Crippen molar-refractivity contribution in [1.29, 1.82) is 0 Å². The number of carbonyl (C=O) groups is 5. The molecular formula is C92H102B2Cl3N31O15. The number of carboxylic acid groups (broad SMARTS) is 1. The van der Waals surface area contributed by atoms with Crippen LogP contribution in [0.5, 0.6) is 11.5 Å². The second-order valence-corrected chi connectivity index (χ2v) is 31.9. The maximum absolute atomic E-state index is 13.0. The molecule has 0 aliphatic rings. The molecule has 0 spiro atoms. The van der Waals surface area contributed by atoms with Crippen LogP contribution in [0, 0.1) is 55.4 Å². The number of rotatable bonds is 19. The molecule has 16 aromatic rings. The third-order valence-corrected chi connectivity index (χ3v) is 20.4. The maximum atomic E-state index is 13.0. The van der Waals surface area contributed by atoms with E-state index in [0.29, 0.717) is 74.2 Å². The molecule has 16 rings (SSSR count). The second kappa shape index (κ2) is 50.7. The minimum absolute atomic E-state index is 0.0111. The molecule has 0 radical (unpaired) electrons. The molecule has 0 aliphatic heterocycles. The highest BCUT2D eigenvalue weighted by Gasteiger charge is 2.28. The number of amides is 1. The summed E-state index contributed by atoms with van der Waals surface area (Å²) in [6, 6.07) is 29.8. The summed E-state index contributed by atoms with van der Waals surface area (Å²) in [5.41, 5.74) is 51.9. The lowest BCUT2D eigenvalue weighted by molar-refractivity contribution is 0.0586. The highest BCUT2D eigenvalue weighted by atomic mass is 35.5. The predicted octanol–water partition coefficient (Wildman–Crippen LogP) is 7.52. The van der Waals surface area contributed by atoms with Crippen LogP contribution in [0.3, 0.4) is 0 Å². The smallest absolute Gasteiger partial charge is 0.491 e. The molecule has 0 aliphatic carbocycles. The van der Waals surface area contributed by atoms with Crippen LogP contribution in [0.15, 0.2) is 159 Å². The number of pyridine rings is 4. The lowest BCUT2D eigenvalue weighted by Crippen LogP contribution is -2.30. The van der Waals surface area contributed by atoms with Gasteiger partial charge in [-0.25, -0.2) is 69.0 Å².